The zero-order chi connectivity index (χ0) is 18.5. The lowest BCUT2D eigenvalue weighted by atomic mass is 10.2. The van der Waals surface area contributed by atoms with Crippen molar-refractivity contribution in [2.75, 3.05) is 33.9 Å². The summed E-state index contributed by atoms with van der Waals surface area (Å²) in [5.74, 6) is 4.65. The first-order chi connectivity index (χ1) is 12.2. The molecule has 0 atom stereocenters. The summed E-state index contributed by atoms with van der Waals surface area (Å²) >= 11 is 0. The lowest BCUT2D eigenvalue weighted by molar-refractivity contribution is 0.330. The normalized spacial score (nSPS) is 10.7. The van der Waals surface area contributed by atoms with E-state index in [0.717, 1.165) is 37.5 Å². The van der Waals surface area contributed by atoms with Crippen LogP contribution in [0.1, 0.15) is 25.3 Å². The van der Waals surface area contributed by atoms with Gasteiger partial charge in [0.15, 0.2) is 17.5 Å². The van der Waals surface area contributed by atoms with Crippen molar-refractivity contribution in [3.63, 3.8) is 0 Å². The van der Waals surface area contributed by atoms with Gasteiger partial charge >= 0.3 is 0 Å². The fraction of sp³-hybridized carbons (Fsp3) is 0.450. The Morgan fingerprint density at radius 3 is 2.88 bits per heavy atom. The van der Waals surface area contributed by atoms with Gasteiger partial charge in [-0.05, 0) is 37.5 Å². The third-order valence-electron chi connectivity index (χ3n) is 3.55. The highest BCUT2D eigenvalue weighted by molar-refractivity contribution is 5.79. The molecule has 0 spiro atoms. The molecule has 0 fully saturated rings. The van der Waals surface area contributed by atoms with Gasteiger partial charge in [0.25, 0.3) is 0 Å². The molecule has 1 aromatic rings. The maximum Gasteiger partial charge on any atom is 0.193 e. The zero-order valence-electron chi connectivity index (χ0n) is 15.5. The van der Waals surface area contributed by atoms with Gasteiger partial charge < -0.3 is 19.7 Å². The summed E-state index contributed by atoms with van der Waals surface area (Å²) in [6.07, 6.45) is 9.25. The Morgan fingerprint density at radius 2 is 2.24 bits per heavy atom. The molecule has 0 aliphatic heterocycles. The van der Waals surface area contributed by atoms with Gasteiger partial charge in [0.1, 0.15) is 6.61 Å². The van der Waals surface area contributed by atoms with E-state index in [-0.39, 0.29) is 6.61 Å². The molecule has 1 rings (SSSR count). The molecular formula is C20H29N3O2. The quantitative estimate of drug-likeness (QED) is 0.233. The van der Waals surface area contributed by atoms with E-state index >= 15 is 0 Å². The molecule has 0 bridgehead atoms. The minimum Gasteiger partial charge on any atom is -0.493 e. The summed E-state index contributed by atoms with van der Waals surface area (Å²) in [7, 11) is 3.65. The lowest BCUT2D eigenvalue weighted by Gasteiger charge is -2.21. The van der Waals surface area contributed by atoms with Gasteiger partial charge in [-0.2, -0.15) is 0 Å². The van der Waals surface area contributed by atoms with E-state index in [2.05, 4.69) is 29.6 Å². The number of allylic oxidation sites excluding steroid dienone is 1. The number of methoxy groups -OCH3 is 1. The molecule has 0 saturated carbocycles. The molecule has 0 heterocycles. The van der Waals surface area contributed by atoms with Crippen LogP contribution in [-0.4, -0.2) is 44.7 Å². The smallest absolute Gasteiger partial charge is 0.193 e. The number of benzene rings is 1. The Hall–Kier alpha value is -2.61. The third kappa shape index (κ3) is 7.21. The van der Waals surface area contributed by atoms with Crippen molar-refractivity contribution in [3.05, 3.63) is 36.4 Å². The highest BCUT2D eigenvalue weighted by Crippen LogP contribution is 2.28. The van der Waals surface area contributed by atoms with Crippen molar-refractivity contribution < 1.29 is 9.47 Å². The minimum absolute atomic E-state index is 0.206. The molecule has 0 aliphatic rings. The standard InChI is InChI=1S/C20H29N3O2/c1-6-9-10-13-23(4)20(21-8-3)22-16-17-11-12-18(24-5)19(15-17)25-14-7-2/h2,6,11-12,15H,1,8-10,13-14,16H2,3-5H3,(H,21,22). The van der Waals surface area contributed by atoms with E-state index in [0.29, 0.717) is 18.0 Å². The van der Waals surface area contributed by atoms with Crippen LogP contribution in [0.4, 0.5) is 0 Å². The fourth-order valence-electron chi connectivity index (χ4n) is 2.27. The topological polar surface area (TPSA) is 46.1 Å². The average molecular weight is 343 g/mol. The van der Waals surface area contributed by atoms with E-state index in [1.54, 1.807) is 7.11 Å². The second-order valence-corrected chi connectivity index (χ2v) is 5.50. The zero-order valence-corrected chi connectivity index (χ0v) is 15.5. The van der Waals surface area contributed by atoms with E-state index in [1.807, 2.05) is 31.3 Å². The van der Waals surface area contributed by atoms with Gasteiger partial charge in [-0.1, -0.05) is 18.1 Å². The molecule has 1 aromatic carbocycles. The number of rotatable bonds is 10. The molecule has 5 heteroatoms. The Morgan fingerprint density at radius 1 is 1.44 bits per heavy atom. The Kier molecular flexibility index (Phi) is 9.69. The van der Waals surface area contributed by atoms with Crippen molar-refractivity contribution in [2.24, 2.45) is 4.99 Å². The molecule has 0 aliphatic carbocycles. The second kappa shape index (κ2) is 11.9. The second-order valence-electron chi connectivity index (χ2n) is 5.50. The summed E-state index contributed by atoms with van der Waals surface area (Å²) in [4.78, 5) is 6.84. The van der Waals surface area contributed by atoms with E-state index in [1.165, 1.54) is 0 Å². The SMILES string of the molecule is C#CCOc1cc(CN=C(NCC)N(C)CCCC=C)ccc1OC. The Balaban J connectivity index is 2.83. The number of hydrogen-bond donors (Lipinski definition) is 1. The van der Waals surface area contributed by atoms with Crippen LogP contribution in [0.3, 0.4) is 0 Å². The maximum atomic E-state index is 5.54. The van der Waals surface area contributed by atoms with Crippen molar-refractivity contribution in [1.82, 2.24) is 10.2 Å². The molecule has 25 heavy (non-hydrogen) atoms. The highest BCUT2D eigenvalue weighted by atomic mass is 16.5. The molecule has 0 aromatic heterocycles. The van der Waals surface area contributed by atoms with E-state index in [9.17, 15) is 0 Å². The van der Waals surface area contributed by atoms with Gasteiger partial charge in [-0.25, -0.2) is 4.99 Å². The van der Waals surface area contributed by atoms with Crippen molar-refractivity contribution in [2.45, 2.75) is 26.3 Å². The van der Waals surface area contributed by atoms with Gasteiger partial charge in [-0.15, -0.1) is 13.0 Å². The number of nitrogens with one attached hydrogen (secondary N) is 1. The number of guanidine groups is 1. The monoisotopic (exact) mass is 343 g/mol. The molecular weight excluding hydrogens is 314 g/mol. The number of terminal acetylenes is 1. The molecule has 1 N–H and O–H groups in total. The predicted octanol–water partition coefficient (Wildman–Crippen LogP) is 3.07. The van der Waals surface area contributed by atoms with Gasteiger partial charge in [0.05, 0.1) is 13.7 Å². The van der Waals surface area contributed by atoms with Gasteiger partial charge in [0.2, 0.25) is 0 Å². The van der Waals surface area contributed by atoms with Crippen LogP contribution >= 0.6 is 0 Å². The Labute approximate surface area is 151 Å². The van der Waals surface area contributed by atoms with Crippen LogP contribution in [0.2, 0.25) is 0 Å². The van der Waals surface area contributed by atoms with Crippen LogP contribution in [0, 0.1) is 12.3 Å². The summed E-state index contributed by atoms with van der Waals surface area (Å²) in [6, 6.07) is 5.77. The lowest BCUT2D eigenvalue weighted by Crippen LogP contribution is -2.39. The van der Waals surface area contributed by atoms with Crippen LogP contribution in [0.15, 0.2) is 35.8 Å². The van der Waals surface area contributed by atoms with Crippen LogP contribution in [0.5, 0.6) is 11.5 Å². The number of ether oxygens (including phenoxy) is 2. The van der Waals surface area contributed by atoms with Gasteiger partial charge in [0, 0.05) is 20.1 Å². The molecule has 0 unspecified atom stereocenters. The fourth-order valence-corrected chi connectivity index (χ4v) is 2.27. The third-order valence-corrected chi connectivity index (χ3v) is 3.55. The summed E-state index contributed by atoms with van der Waals surface area (Å²) < 4.78 is 10.8. The van der Waals surface area contributed by atoms with Crippen LogP contribution in [0.25, 0.3) is 0 Å². The first kappa shape index (κ1) is 20.4. The first-order valence-corrected chi connectivity index (χ1v) is 8.49. The van der Waals surface area contributed by atoms with Crippen molar-refractivity contribution >= 4 is 5.96 Å². The van der Waals surface area contributed by atoms with Crippen LogP contribution in [-0.2, 0) is 6.54 Å². The molecule has 0 saturated heterocycles. The first-order valence-electron chi connectivity index (χ1n) is 8.49. The van der Waals surface area contributed by atoms with Crippen molar-refractivity contribution in [3.8, 4) is 23.8 Å². The summed E-state index contributed by atoms with van der Waals surface area (Å²) in [5.41, 5.74) is 1.03. The largest absolute Gasteiger partial charge is 0.493 e. The van der Waals surface area contributed by atoms with E-state index in [4.69, 9.17) is 20.9 Å². The average Bonchev–Trinajstić information content (AvgIpc) is 2.63. The highest BCUT2D eigenvalue weighted by Gasteiger charge is 2.07. The van der Waals surface area contributed by atoms with E-state index < -0.39 is 0 Å². The Bertz CT molecular complexity index is 605. The molecule has 0 amide bonds. The number of nitrogens with zero attached hydrogens (tertiary/aromatic N) is 2. The van der Waals surface area contributed by atoms with Crippen LogP contribution < -0.4 is 14.8 Å². The predicted molar refractivity (Wildman–Crippen MR) is 104 cm³/mol. The molecule has 5 nitrogen and oxygen atoms in total. The minimum atomic E-state index is 0.206. The van der Waals surface area contributed by atoms with Crippen molar-refractivity contribution in [1.29, 1.82) is 0 Å². The summed E-state index contributed by atoms with van der Waals surface area (Å²) in [5, 5.41) is 3.32. The molecule has 0 radical (unpaired) electrons. The summed E-state index contributed by atoms with van der Waals surface area (Å²) in [6.45, 7) is 8.32. The molecule has 136 valence electrons. The number of unbranched alkanes of at least 4 members (excludes halogenated alkanes) is 1. The number of hydrogen-bond acceptors (Lipinski definition) is 3. The maximum absolute atomic E-state index is 5.54. The van der Waals surface area contributed by atoms with Gasteiger partial charge in [-0.3, -0.25) is 0 Å². The number of aliphatic imine (C=N–C) groups is 1.